The molecule has 0 fully saturated rings. The number of hydrogen-bond donors (Lipinski definition) is 2. The fourth-order valence-corrected chi connectivity index (χ4v) is 2.58. The Hall–Kier alpha value is -1.78. The summed E-state index contributed by atoms with van der Waals surface area (Å²) >= 11 is 0. The Kier molecular flexibility index (Phi) is 6.04. The summed E-state index contributed by atoms with van der Waals surface area (Å²) in [5.41, 5.74) is 2.02. The summed E-state index contributed by atoms with van der Waals surface area (Å²) in [5.74, 6) is -0.111. The standard InChI is InChI=1S/C18H23FN2O/c1-13(22)8-17(15-6-4-3-5-7-15)11-21-14(2)16-9-18(19)12-20-10-16/h3-7,9-10,12-14,17,21-22H,8,11H2,1-2H3. The highest BCUT2D eigenvalue weighted by atomic mass is 19.1. The van der Waals surface area contributed by atoms with Gasteiger partial charge in [-0.1, -0.05) is 30.3 Å². The van der Waals surface area contributed by atoms with E-state index in [1.165, 1.54) is 17.8 Å². The molecule has 2 rings (SSSR count). The second-order valence-electron chi connectivity index (χ2n) is 5.76. The minimum Gasteiger partial charge on any atom is -0.393 e. The highest BCUT2D eigenvalue weighted by Crippen LogP contribution is 2.22. The zero-order valence-corrected chi connectivity index (χ0v) is 13.0. The molecule has 0 amide bonds. The third-order valence-electron chi connectivity index (χ3n) is 3.79. The van der Waals surface area contributed by atoms with E-state index in [0.717, 1.165) is 5.56 Å². The van der Waals surface area contributed by atoms with Crippen molar-refractivity contribution in [2.75, 3.05) is 6.54 Å². The molecule has 0 radical (unpaired) electrons. The third kappa shape index (κ3) is 4.90. The minimum absolute atomic E-state index is 0.00316. The van der Waals surface area contributed by atoms with E-state index in [4.69, 9.17) is 0 Å². The van der Waals surface area contributed by atoms with Gasteiger partial charge in [0.1, 0.15) is 5.82 Å². The number of aliphatic hydroxyl groups is 1. The topological polar surface area (TPSA) is 45.1 Å². The summed E-state index contributed by atoms with van der Waals surface area (Å²) in [7, 11) is 0. The van der Waals surface area contributed by atoms with Crippen LogP contribution < -0.4 is 5.32 Å². The Morgan fingerprint density at radius 1 is 1.14 bits per heavy atom. The van der Waals surface area contributed by atoms with E-state index in [0.29, 0.717) is 13.0 Å². The predicted molar refractivity (Wildman–Crippen MR) is 86.1 cm³/mol. The second-order valence-corrected chi connectivity index (χ2v) is 5.76. The first-order valence-electron chi connectivity index (χ1n) is 7.63. The molecule has 22 heavy (non-hydrogen) atoms. The van der Waals surface area contributed by atoms with Crippen LogP contribution >= 0.6 is 0 Å². The van der Waals surface area contributed by atoms with Crippen molar-refractivity contribution in [3.05, 3.63) is 65.7 Å². The molecule has 1 heterocycles. The van der Waals surface area contributed by atoms with Crippen molar-refractivity contribution in [2.24, 2.45) is 0 Å². The quantitative estimate of drug-likeness (QED) is 0.823. The molecule has 2 N–H and O–H groups in total. The van der Waals surface area contributed by atoms with Crippen LogP contribution in [0.1, 0.15) is 43.4 Å². The van der Waals surface area contributed by atoms with E-state index in [9.17, 15) is 9.50 Å². The van der Waals surface area contributed by atoms with Crippen molar-refractivity contribution in [2.45, 2.75) is 38.3 Å². The molecule has 3 unspecified atom stereocenters. The molecule has 0 aliphatic carbocycles. The Bertz CT molecular complexity index is 574. The fourth-order valence-electron chi connectivity index (χ4n) is 2.58. The van der Waals surface area contributed by atoms with Crippen LogP contribution in [0, 0.1) is 5.82 Å². The lowest BCUT2D eigenvalue weighted by Gasteiger charge is -2.22. The lowest BCUT2D eigenvalue weighted by Crippen LogP contribution is -2.26. The van der Waals surface area contributed by atoms with Crippen molar-refractivity contribution >= 4 is 0 Å². The van der Waals surface area contributed by atoms with Crippen LogP contribution in [0.15, 0.2) is 48.8 Å². The van der Waals surface area contributed by atoms with Crippen LogP contribution in [0.2, 0.25) is 0 Å². The Balaban J connectivity index is 2.02. The van der Waals surface area contributed by atoms with Gasteiger partial charge in [-0.15, -0.1) is 0 Å². The van der Waals surface area contributed by atoms with Crippen molar-refractivity contribution < 1.29 is 9.50 Å². The van der Waals surface area contributed by atoms with Crippen LogP contribution in [0.5, 0.6) is 0 Å². The van der Waals surface area contributed by atoms with Gasteiger partial charge >= 0.3 is 0 Å². The number of aliphatic hydroxyl groups excluding tert-OH is 1. The van der Waals surface area contributed by atoms with Gasteiger partial charge in [-0.25, -0.2) is 4.39 Å². The lowest BCUT2D eigenvalue weighted by atomic mass is 9.93. The first kappa shape index (κ1) is 16.6. The second kappa shape index (κ2) is 8.01. The molecular formula is C18H23FN2O. The molecule has 3 atom stereocenters. The largest absolute Gasteiger partial charge is 0.393 e. The number of rotatable bonds is 7. The number of nitrogens with zero attached hydrogens (tertiary/aromatic N) is 1. The Labute approximate surface area is 131 Å². The molecular weight excluding hydrogens is 279 g/mol. The average Bonchev–Trinajstić information content (AvgIpc) is 2.51. The number of pyridine rings is 1. The van der Waals surface area contributed by atoms with E-state index < -0.39 is 0 Å². The van der Waals surface area contributed by atoms with Crippen molar-refractivity contribution in [1.29, 1.82) is 0 Å². The summed E-state index contributed by atoms with van der Waals surface area (Å²) in [4.78, 5) is 3.88. The zero-order valence-electron chi connectivity index (χ0n) is 13.0. The molecule has 0 aliphatic heterocycles. The molecule has 0 saturated heterocycles. The van der Waals surface area contributed by atoms with Crippen LogP contribution in [-0.4, -0.2) is 22.7 Å². The van der Waals surface area contributed by atoms with Gasteiger partial charge in [-0.3, -0.25) is 4.98 Å². The van der Waals surface area contributed by atoms with E-state index in [-0.39, 0.29) is 23.9 Å². The smallest absolute Gasteiger partial charge is 0.141 e. The van der Waals surface area contributed by atoms with Gasteiger partial charge in [0.25, 0.3) is 0 Å². The summed E-state index contributed by atoms with van der Waals surface area (Å²) in [6.07, 6.45) is 3.20. The number of hydrogen-bond acceptors (Lipinski definition) is 3. The maximum absolute atomic E-state index is 13.2. The van der Waals surface area contributed by atoms with Crippen LogP contribution in [0.4, 0.5) is 4.39 Å². The van der Waals surface area contributed by atoms with E-state index in [1.807, 2.05) is 25.1 Å². The van der Waals surface area contributed by atoms with E-state index >= 15 is 0 Å². The Morgan fingerprint density at radius 3 is 2.50 bits per heavy atom. The first-order chi connectivity index (χ1) is 10.6. The SMILES string of the molecule is CC(O)CC(CNC(C)c1cncc(F)c1)c1ccccc1. The number of aromatic nitrogens is 1. The monoisotopic (exact) mass is 302 g/mol. The molecule has 0 aliphatic rings. The van der Waals surface area contributed by atoms with Gasteiger partial charge in [0, 0.05) is 18.8 Å². The molecule has 118 valence electrons. The van der Waals surface area contributed by atoms with E-state index in [2.05, 4.69) is 22.4 Å². The zero-order chi connectivity index (χ0) is 15.9. The van der Waals surface area contributed by atoms with Crippen molar-refractivity contribution in [1.82, 2.24) is 10.3 Å². The number of nitrogens with one attached hydrogen (secondary N) is 1. The van der Waals surface area contributed by atoms with Crippen molar-refractivity contribution in [3.8, 4) is 0 Å². The lowest BCUT2D eigenvalue weighted by molar-refractivity contribution is 0.173. The Morgan fingerprint density at radius 2 is 1.86 bits per heavy atom. The maximum atomic E-state index is 13.2. The molecule has 4 heteroatoms. The number of halogens is 1. The molecule has 2 aromatic rings. The third-order valence-corrected chi connectivity index (χ3v) is 3.79. The number of benzene rings is 1. The van der Waals surface area contributed by atoms with Gasteiger partial charge < -0.3 is 10.4 Å². The highest BCUT2D eigenvalue weighted by molar-refractivity contribution is 5.20. The van der Waals surface area contributed by atoms with Gasteiger partial charge in [0.05, 0.1) is 12.3 Å². The van der Waals surface area contributed by atoms with Gasteiger partial charge in [0.2, 0.25) is 0 Å². The normalized spacial score (nSPS) is 15.3. The fraction of sp³-hybridized carbons (Fsp3) is 0.389. The van der Waals surface area contributed by atoms with Gasteiger partial charge in [-0.05, 0) is 43.4 Å². The summed E-state index contributed by atoms with van der Waals surface area (Å²) in [6, 6.07) is 11.6. The minimum atomic E-state index is -0.363. The molecule has 3 nitrogen and oxygen atoms in total. The molecule has 0 spiro atoms. The molecule has 0 bridgehead atoms. The molecule has 1 aromatic carbocycles. The van der Waals surface area contributed by atoms with E-state index in [1.54, 1.807) is 13.1 Å². The average molecular weight is 302 g/mol. The van der Waals surface area contributed by atoms with Gasteiger partial charge in [-0.2, -0.15) is 0 Å². The van der Waals surface area contributed by atoms with Gasteiger partial charge in [0.15, 0.2) is 0 Å². The summed E-state index contributed by atoms with van der Waals surface area (Å²) in [5, 5.41) is 13.1. The van der Waals surface area contributed by atoms with Crippen molar-refractivity contribution in [3.63, 3.8) is 0 Å². The first-order valence-corrected chi connectivity index (χ1v) is 7.63. The van der Waals surface area contributed by atoms with Crippen LogP contribution in [0.3, 0.4) is 0 Å². The van der Waals surface area contributed by atoms with Crippen LogP contribution in [0.25, 0.3) is 0 Å². The molecule has 1 aromatic heterocycles. The summed E-state index contributed by atoms with van der Waals surface area (Å²) < 4.78 is 13.2. The highest BCUT2D eigenvalue weighted by Gasteiger charge is 2.16. The molecule has 0 saturated carbocycles. The predicted octanol–water partition coefficient (Wildman–Crippen LogP) is 3.43. The summed E-state index contributed by atoms with van der Waals surface area (Å²) in [6.45, 7) is 4.50. The van der Waals surface area contributed by atoms with Crippen LogP contribution in [-0.2, 0) is 0 Å². The maximum Gasteiger partial charge on any atom is 0.141 e.